The smallest absolute Gasteiger partial charge is 0.338 e. The molecule has 0 saturated heterocycles. The molecule has 0 aliphatic heterocycles. The number of nitriles is 1. The minimum absolute atomic E-state index is 0.141. The van der Waals surface area contributed by atoms with Gasteiger partial charge in [-0.25, -0.2) is 9.79 Å². The van der Waals surface area contributed by atoms with Gasteiger partial charge in [-0.05, 0) is 24.6 Å². The first-order valence-electron chi connectivity index (χ1n) is 8.40. The number of hydrogen-bond acceptors (Lipinski definition) is 6. The maximum absolute atomic E-state index is 12.6. The maximum Gasteiger partial charge on any atom is 0.338 e. The molecule has 3 rings (SSSR count). The van der Waals surface area contributed by atoms with Gasteiger partial charge in [-0.15, -0.1) is 0 Å². The number of esters is 1. The van der Waals surface area contributed by atoms with Crippen molar-refractivity contribution >= 4 is 28.9 Å². The van der Waals surface area contributed by atoms with E-state index in [1.165, 1.54) is 6.07 Å². The van der Waals surface area contributed by atoms with Crippen LogP contribution in [0.15, 0.2) is 59.1 Å². The Morgan fingerprint density at radius 2 is 1.93 bits per heavy atom. The van der Waals surface area contributed by atoms with E-state index in [-0.39, 0.29) is 17.0 Å². The van der Waals surface area contributed by atoms with Crippen molar-refractivity contribution in [2.75, 3.05) is 6.61 Å². The first-order chi connectivity index (χ1) is 13.1. The van der Waals surface area contributed by atoms with Crippen molar-refractivity contribution in [3.63, 3.8) is 0 Å². The summed E-state index contributed by atoms with van der Waals surface area (Å²) in [7, 11) is 0. The topological polar surface area (TPSA) is 99.8 Å². The molecule has 0 fully saturated rings. The first kappa shape index (κ1) is 18.1. The number of Topliss-reactive ketones (excluding diaryl/α,β-unsaturated/α-hetero) is 1. The molecule has 0 aromatic heterocycles. The highest BCUT2D eigenvalue weighted by Crippen LogP contribution is 2.32. The molecule has 1 aliphatic rings. The van der Waals surface area contributed by atoms with Crippen LogP contribution < -0.4 is 0 Å². The summed E-state index contributed by atoms with van der Waals surface area (Å²) in [5.74, 6) is -1.21. The highest BCUT2D eigenvalue weighted by atomic mass is 16.5. The Labute approximate surface area is 156 Å². The molecule has 2 aromatic rings. The first-order valence-corrected chi connectivity index (χ1v) is 8.40. The van der Waals surface area contributed by atoms with Gasteiger partial charge in [0.2, 0.25) is 0 Å². The Balaban J connectivity index is 1.97. The van der Waals surface area contributed by atoms with Gasteiger partial charge in [0.05, 0.1) is 17.9 Å². The van der Waals surface area contributed by atoms with Gasteiger partial charge in [0.1, 0.15) is 17.4 Å². The second kappa shape index (κ2) is 7.67. The molecule has 134 valence electrons. The van der Waals surface area contributed by atoms with E-state index < -0.39 is 11.8 Å². The summed E-state index contributed by atoms with van der Waals surface area (Å²) in [5, 5.41) is 19.9. The van der Waals surface area contributed by atoms with E-state index >= 15 is 0 Å². The molecule has 0 radical (unpaired) electrons. The van der Waals surface area contributed by atoms with Gasteiger partial charge >= 0.3 is 5.97 Å². The quantitative estimate of drug-likeness (QED) is 0.641. The molecule has 2 aromatic carbocycles. The number of rotatable bonds is 5. The normalized spacial score (nSPS) is 13.3. The van der Waals surface area contributed by atoms with E-state index in [1.54, 1.807) is 42.5 Å². The highest BCUT2D eigenvalue weighted by Gasteiger charge is 2.32. The number of aliphatic hydroxyl groups excluding tert-OH is 1. The molecule has 0 atom stereocenters. The third-order valence-electron chi connectivity index (χ3n) is 3.99. The number of ether oxygens (including phenoxy) is 1. The van der Waals surface area contributed by atoms with Crippen LogP contribution in [0, 0.1) is 11.3 Å². The van der Waals surface area contributed by atoms with Crippen molar-refractivity contribution in [2.45, 2.75) is 13.3 Å². The van der Waals surface area contributed by atoms with Gasteiger partial charge in [-0.1, -0.05) is 37.3 Å². The Hall–Kier alpha value is -3.72. The number of ketones is 1. The van der Waals surface area contributed by atoms with Crippen LogP contribution in [0.3, 0.4) is 0 Å². The lowest BCUT2D eigenvalue weighted by Crippen LogP contribution is -2.09. The standard InChI is InChI=1S/C21H16N2O4/c1-2-10-27-21(26)13-6-5-7-14(11-13)23-17(12-22)18-19(24)15-8-3-4-9-16(15)20(18)25/h3-9,11,24H,2,10H2,1H3. The van der Waals surface area contributed by atoms with E-state index in [1.807, 2.05) is 13.0 Å². The summed E-state index contributed by atoms with van der Waals surface area (Å²) in [6.07, 6.45) is 0.707. The van der Waals surface area contributed by atoms with Crippen LogP contribution in [0.1, 0.15) is 39.6 Å². The average molecular weight is 360 g/mol. The molecule has 27 heavy (non-hydrogen) atoms. The van der Waals surface area contributed by atoms with E-state index in [0.29, 0.717) is 35.4 Å². The van der Waals surface area contributed by atoms with Crippen LogP contribution in [-0.2, 0) is 4.74 Å². The minimum Gasteiger partial charge on any atom is -0.506 e. The molecule has 0 heterocycles. The van der Waals surface area contributed by atoms with Gasteiger partial charge in [0.25, 0.3) is 0 Å². The number of allylic oxidation sites excluding steroid dienone is 1. The molecular weight excluding hydrogens is 344 g/mol. The van der Waals surface area contributed by atoms with Crippen LogP contribution in [0.4, 0.5) is 5.69 Å². The molecule has 6 heteroatoms. The average Bonchev–Trinajstić information content (AvgIpc) is 2.95. The molecule has 0 unspecified atom stereocenters. The monoisotopic (exact) mass is 360 g/mol. The van der Waals surface area contributed by atoms with Crippen LogP contribution in [0.2, 0.25) is 0 Å². The number of aliphatic hydroxyl groups is 1. The van der Waals surface area contributed by atoms with Gasteiger partial charge in [-0.3, -0.25) is 4.79 Å². The van der Waals surface area contributed by atoms with Crippen LogP contribution in [-0.4, -0.2) is 29.2 Å². The number of carbonyl (C=O) groups is 2. The zero-order valence-electron chi connectivity index (χ0n) is 14.6. The van der Waals surface area contributed by atoms with Crippen LogP contribution in [0.5, 0.6) is 0 Å². The second-order valence-electron chi connectivity index (χ2n) is 5.86. The third-order valence-corrected chi connectivity index (χ3v) is 3.99. The number of aliphatic imine (C=N–C) groups is 1. The third kappa shape index (κ3) is 3.48. The Morgan fingerprint density at radius 3 is 2.59 bits per heavy atom. The summed E-state index contributed by atoms with van der Waals surface area (Å²) in [5.41, 5.74) is 0.940. The minimum atomic E-state index is -0.487. The number of carbonyl (C=O) groups excluding carboxylic acids is 2. The molecule has 1 N–H and O–H groups in total. The van der Waals surface area contributed by atoms with Gasteiger partial charge in [0, 0.05) is 11.1 Å². The van der Waals surface area contributed by atoms with Crippen molar-refractivity contribution in [2.24, 2.45) is 4.99 Å². The molecular formula is C21H16N2O4. The van der Waals surface area contributed by atoms with E-state index in [2.05, 4.69) is 4.99 Å². The SMILES string of the molecule is CCCOC(=O)c1cccc(N=C(C#N)C2=C(O)c3ccccc3C2=O)c1. The molecule has 6 nitrogen and oxygen atoms in total. The van der Waals surface area contributed by atoms with Gasteiger partial charge in [-0.2, -0.15) is 5.26 Å². The lowest BCUT2D eigenvalue weighted by Gasteiger charge is -2.04. The van der Waals surface area contributed by atoms with Crippen molar-refractivity contribution in [3.8, 4) is 6.07 Å². The van der Waals surface area contributed by atoms with E-state index in [9.17, 15) is 20.0 Å². The number of fused-ring (bicyclic) bond motifs is 1. The molecule has 0 amide bonds. The fourth-order valence-corrected chi connectivity index (χ4v) is 2.73. The summed E-state index contributed by atoms with van der Waals surface area (Å²) in [4.78, 5) is 28.7. The Morgan fingerprint density at radius 1 is 1.19 bits per heavy atom. The van der Waals surface area contributed by atoms with Crippen LogP contribution in [0.25, 0.3) is 5.76 Å². The molecule has 0 bridgehead atoms. The largest absolute Gasteiger partial charge is 0.506 e. The fraction of sp³-hybridized carbons (Fsp3) is 0.143. The van der Waals surface area contributed by atoms with Crippen LogP contribution >= 0.6 is 0 Å². The fourth-order valence-electron chi connectivity index (χ4n) is 2.73. The maximum atomic E-state index is 12.6. The molecule has 0 spiro atoms. The zero-order chi connectivity index (χ0) is 19.4. The van der Waals surface area contributed by atoms with Gasteiger partial charge < -0.3 is 9.84 Å². The van der Waals surface area contributed by atoms with Crippen molar-refractivity contribution in [1.29, 1.82) is 5.26 Å². The van der Waals surface area contributed by atoms with Crippen molar-refractivity contribution in [3.05, 3.63) is 70.8 Å². The summed E-state index contributed by atoms with van der Waals surface area (Å²) in [6.45, 7) is 2.20. The number of benzene rings is 2. The lowest BCUT2D eigenvalue weighted by atomic mass is 10.1. The number of hydrogen-bond donors (Lipinski definition) is 1. The van der Waals surface area contributed by atoms with Crippen molar-refractivity contribution in [1.82, 2.24) is 0 Å². The Kier molecular flexibility index (Phi) is 5.13. The lowest BCUT2D eigenvalue weighted by molar-refractivity contribution is 0.0505. The van der Waals surface area contributed by atoms with Crippen molar-refractivity contribution < 1.29 is 19.4 Å². The number of nitrogens with zero attached hydrogens (tertiary/aromatic N) is 2. The van der Waals surface area contributed by atoms with E-state index in [0.717, 1.165) is 0 Å². The van der Waals surface area contributed by atoms with Gasteiger partial charge in [0.15, 0.2) is 11.5 Å². The van der Waals surface area contributed by atoms with E-state index in [4.69, 9.17) is 4.74 Å². The molecule has 0 saturated carbocycles. The summed E-state index contributed by atoms with van der Waals surface area (Å²) < 4.78 is 5.08. The predicted molar refractivity (Wildman–Crippen MR) is 100 cm³/mol. The zero-order valence-corrected chi connectivity index (χ0v) is 14.6. The molecule has 1 aliphatic carbocycles. The summed E-state index contributed by atoms with van der Waals surface area (Å²) in [6, 6.07) is 14.7. The highest BCUT2D eigenvalue weighted by molar-refractivity contribution is 6.39. The summed E-state index contributed by atoms with van der Waals surface area (Å²) >= 11 is 0. The second-order valence-corrected chi connectivity index (χ2v) is 5.86. The Bertz CT molecular complexity index is 1030. The predicted octanol–water partition coefficient (Wildman–Crippen LogP) is 4.02.